The van der Waals surface area contributed by atoms with Gasteiger partial charge in [0, 0.05) is 11.0 Å². The fraction of sp³-hybridized carbons (Fsp3) is 0. The first kappa shape index (κ1) is 10.8. The van der Waals surface area contributed by atoms with Crippen molar-refractivity contribution >= 4 is 36.6 Å². The van der Waals surface area contributed by atoms with E-state index in [2.05, 4.69) is 25.3 Å². The van der Waals surface area contributed by atoms with Crippen molar-refractivity contribution in [1.29, 1.82) is 0 Å². The molecule has 8 heteroatoms. The molecule has 6 nitrogen and oxygen atoms in total. The first-order valence-electron chi connectivity index (χ1n) is 3.29. The third-order valence-electron chi connectivity index (χ3n) is 1.49. The number of nitro benzene ring substituents is 2. The maximum absolute atomic E-state index is 10.5. The molecule has 14 heavy (non-hydrogen) atoms. The smallest absolute Gasteiger partial charge is 0.258 e. The zero-order valence-corrected chi connectivity index (χ0v) is 8.37. The van der Waals surface area contributed by atoms with Gasteiger partial charge >= 0.3 is 11.4 Å². The predicted molar refractivity (Wildman–Crippen MR) is 54.3 cm³/mol. The summed E-state index contributed by atoms with van der Waals surface area (Å²) >= 11 is 7.67. The molecule has 0 atom stereocenters. The minimum absolute atomic E-state index is 0.104. The van der Waals surface area contributed by atoms with Gasteiger partial charge in [-0.05, 0) is 6.07 Å². The van der Waals surface area contributed by atoms with E-state index in [0.717, 1.165) is 6.07 Å². The average Bonchev–Trinajstić information content (AvgIpc) is 2.08. The van der Waals surface area contributed by atoms with Crippen LogP contribution in [0.5, 0.6) is 0 Å². The van der Waals surface area contributed by atoms with Crippen molar-refractivity contribution in [3.63, 3.8) is 0 Å². The Morgan fingerprint density at radius 2 is 1.64 bits per heavy atom. The van der Waals surface area contributed by atoms with E-state index in [0.29, 0.717) is 0 Å². The highest BCUT2D eigenvalue weighted by Gasteiger charge is 2.28. The molecule has 0 bridgehead atoms. The van der Waals surface area contributed by atoms with Crippen LogP contribution in [-0.2, 0) is 0 Å². The molecule has 0 aliphatic carbocycles. The third-order valence-corrected chi connectivity index (χ3v) is 2.49. The van der Waals surface area contributed by atoms with Crippen LogP contribution in [0.4, 0.5) is 11.4 Å². The Bertz CT molecular complexity index is 421. The maximum atomic E-state index is 10.5. The lowest BCUT2D eigenvalue weighted by Gasteiger charge is -1.99. The zero-order chi connectivity index (χ0) is 10.9. The van der Waals surface area contributed by atoms with Gasteiger partial charge in [-0.15, -0.1) is 25.3 Å². The number of nitrogens with zero attached hydrogens (tertiary/aromatic N) is 2. The molecule has 0 aromatic heterocycles. The van der Waals surface area contributed by atoms with Gasteiger partial charge in [-0.3, -0.25) is 20.2 Å². The largest absolute Gasteiger partial charge is 0.360 e. The van der Waals surface area contributed by atoms with E-state index in [4.69, 9.17) is 0 Å². The van der Waals surface area contributed by atoms with Crippen LogP contribution in [0.25, 0.3) is 0 Å². The Morgan fingerprint density at radius 1 is 1.07 bits per heavy atom. The molecule has 1 rings (SSSR count). The van der Waals surface area contributed by atoms with Crippen LogP contribution in [0.3, 0.4) is 0 Å². The molecule has 0 amide bonds. The normalized spacial score (nSPS) is 9.86. The summed E-state index contributed by atoms with van der Waals surface area (Å²) in [5.41, 5.74) is -1.22. The molecule has 0 aliphatic rings. The van der Waals surface area contributed by atoms with E-state index in [1.807, 2.05) is 0 Å². The van der Waals surface area contributed by atoms with Crippen molar-refractivity contribution in [2.75, 3.05) is 0 Å². The summed E-state index contributed by atoms with van der Waals surface area (Å²) in [6, 6.07) is 2.32. The Morgan fingerprint density at radius 3 is 2.07 bits per heavy atom. The number of nitro groups is 2. The standard InChI is InChI=1S/C6H4N2O4S2/c9-7(10)3-1-2-4(13)6(14)5(3)8(11)12/h1-2,13-14H. The lowest BCUT2D eigenvalue weighted by Crippen LogP contribution is -1.97. The van der Waals surface area contributed by atoms with E-state index >= 15 is 0 Å². The second-order valence-corrected chi connectivity index (χ2v) is 3.24. The SMILES string of the molecule is O=[N+]([O-])c1ccc(S)c(S)c1[N+](=O)[O-]. The molecule has 1 aromatic carbocycles. The van der Waals surface area contributed by atoms with E-state index in [1.54, 1.807) is 0 Å². The van der Waals surface area contributed by atoms with E-state index in [9.17, 15) is 20.2 Å². The molecule has 0 saturated heterocycles. The Labute approximate surface area is 89.0 Å². The lowest BCUT2D eigenvalue weighted by molar-refractivity contribution is -0.424. The van der Waals surface area contributed by atoms with Crippen LogP contribution in [0, 0.1) is 20.2 Å². The molecule has 0 heterocycles. The van der Waals surface area contributed by atoms with Crippen molar-refractivity contribution in [3.8, 4) is 0 Å². The van der Waals surface area contributed by atoms with Gasteiger partial charge in [0.15, 0.2) is 0 Å². The molecular weight excluding hydrogens is 228 g/mol. The third kappa shape index (κ3) is 1.80. The fourth-order valence-corrected chi connectivity index (χ4v) is 1.34. The molecule has 0 unspecified atom stereocenters. The molecule has 0 N–H and O–H groups in total. The highest BCUT2D eigenvalue weighted by Crippen LogP contribution is 2.36. The highest BCUT2D eigenvalue weighted by molar-refractivity contribution is 7.83. The molecule has 0 radical (unpaired) electrons. The van der Waals surface area contributed by atoms with Gasteiger partial charge < -0.3 is 0 Å². The molecule has 0 spiro atoms. The Balaban J connectivity index is 3.53. The summed E-state index contributed by atoms with van der Waals surface area (Å²) in [5.74, 6) is 0. The van der Waals surface area contributed by atoms with Gasteiger partial charge in [-0.2, -0.15) is 0 Å². The number of benzene rings is 1. The summed E-state index contributed by atoms with van der Waals surface area (Å²) in [6.45, 7) is 0. The number of hydrogen-bond donors (Lipinski definition) is 2. The number of rotatable bonds is 2. The Hall–Kier alpha value is -1.28. The van der Waals surface area contributed by atoms with Crippen LogP contribution >= 0.6 is 25.3 Å². The van der Waals surface area contributed by atoms with E-state index in [1.165, 1.54) is 6.07 Å². The highest BCUT2D eigenvalue weighted by atomic mass is 32.1. The van der Waals surface area contributed by atoms with Gasteiger partial charge in [0.1, 0.15) is 4.90 Å². The zero-order valence-electron chi connectivity index (χ0n) is 6.58. The minimum atomic E-state index is -0.847. The van der Waals surface area contributed by atoms with E-state index in [-0.39, 0.29) is 9.79 Å². The van der Waals surface area contributed by atoms with E-state index < -0.39 is 21.2 Å². The first-order valence-corrected chi connectivity index (χ1v) is 4.18. The summed E-state index contributed by atoms with van der Waals surface area (Å²) in [7, 11) is 0. The van der Waals surface area contributed by atoms with Crippen molar-refractivity contribution < 1.29 is 9.85 Å². The molecule has 74 valence electrons. The van der Waals surface area contributed by atoms with Crippen molar-refractivity contribution in [2.24, 2.45) is 0 Å². The lowest BCUT2D eigenvalue weighted by atomic mass is 10.3. The summed E-state index contributed by atoms with van der Waals surface area (Å²) in [5, 5.41) is 20.9. The van der Waals surface area contributed by atoms with Crippen LogP contribution in [0.2, 0.25) is 0 Å². The monoisotopic (exact) mass is 232 g/mol. The van der Waals surface area contributed by atoms with Gasteiger partial charge in [-0.1, -0.05) is 0 Å². The molecular formula is C6H4N2O4S2. The van der Waals surface area contributed by atoms with Gasteiger partial charge in [0.2, 0.25) is 0 Å². The molecule has 1 aromatic rings. The second-order valence-electron chi connectivity index (χ2n) is 2.32. The summed E-state index contributed by atoms with van der Waals surface area (Å²) in [4.78, 5) is 19.4. The quantitative estimate of drug-likeness (QED) is 0.464. The predicted octanol–water partition coefficient (Wildman–Crippen LogP) is 2.08. The van der Waals surface area contributed by atoms with Crippen LogP contribution in [0.15, 0.2) is 21.9 Å². The summed E-state index contributed by atoms with van der Waals surface area (Å²) < 4.78 is 0. The first-order chi connectivity index (χ1) is 6.45. The number of hydrogen-bond acceptors (Lipinski definition) is 6. The molecule has 0 saturated carbocycles. The van der Waals surface area contributed by atoms with Crippen molar-refractivity contribution in [2.45, 2.75) is 9.79 Å². The molecule has 0 aliphatic heterocycles. The second kappa shape index (κ2) is 3.84. The van der Waals surface area contributed by atoms with Crippen molar-refractivity contribution in [3.05, 3.63) is 32.4 Å². The maximum Gasteiger partial charge on any atom is 0.360 e. The number of thiol groups is 2. The van der Waals surface area contributed by atoms with Gasteiger partial charge in [0.05, 0.1) is 9.85 Å². The molecule has 0 fully saturated rings. The fourth-order valence-electron chi connectivity index (χ4n) is 0.886. The minimum Gasteiger partial charge on any atom is -0.258 e. The van der Waals surface area contributed by atoms with Crippen molar-refractivity contribution in [1.82, 2.24) is 0 Å². The Kier molecular flexibility index (Phi) is 2.96. The topological polar surface area (TPSA) is 86.3 Å². The average molecular weight is 232 g/mol. The van der Waals surface area contributed by atoms with Crippen LogP contribution in [0.1, 0.15) is 0 Å². The van der Waals surface area contributed by atoms with Crippen LogP contribution in [-0.4, -0.2) is 9.85 Å². The van der Waals surface area contributed by atoms with Crippen LogP contribution < -0.4 is 0 Å². The summed E-state index contributed by atoms with van der Waals surface area (Å²) in [6.07, 6.45) is 0. The van der Waals surface area contributed by atoms with Gasteiger partial charge in [0.25, 0.3) is 0 Å². The van der Waals surface area contributed by atoms with Gasteiger partial charge in [-0.25, -0.2) is 0 Å².